The zero-order valence-corrected chi connectivity index (χ0v) is 18.6. The molecule has 33 heavy (non-hydrogen) atoms. The summed E-state index contributed by atoms with van der Waals surface area (Å²) in [6, 6.07) is 17.8. The number of carbonyl (C=O) groups excluding carboxylic acids is 1. The summed E-state index contributed by atoms with van der Waals surface area (Å²) in [5.41, 5.74) is 5.30. The van der Waals surface area contributed by atoms with Crippen molar-refractivity contribution in [2.24, 2.45) is 0 Å². The number of ether oxygens (including phenoxy) is 2. The Morgan fingerprint density at radius 2 is 1.70 bits per heavy atom. The molecule has 0 atom stereocenters. The summed E-state index contributed by atoms with van der Waals surface area (Å²) < 4.78 is 24.4. The van der Waals surface area contributed by atoms with E-state index in [-0.39, 0.29) is 17.3 Å². The van der Waals surface area contributed by atoms with Gasteiger partial charge in [0.05, 0.1) is 14.2 Å². The van der Waals surface area contributed by atoms with Crippen molar-refractivity contribution in [1.29, 1.82) is 0 Å². The molecule has 0 aromatic heterocycles. The molecule has 0 radical (unpaired) electrons. The molecular weight excluding hydrogens is 419 g/mol. The smallest absolute Gasteiger partial charge is 0.200 e. The van der Waals surface area contributed by atoms with Gasteiger partial charge >= 0.3 is 0 Å². The van der Waals surface area contributed by atoms with E-state index >= 15 is 0 Å². The number of carbonyl (C=O) groups is 1. The maximum absolute atomic E-state index is 13.9. The third kappa shape index (κ3) is 4.98. The summed E-state index contributed by atoms with van der Waals surface area (Å²) >= 11 is 0. The molecule has 0 saturated carbocycles. The van der Waals surface area contributed by atoms with Crippen LogP contribution in [0.5, 0.6) is 17.2 Å². The highest BCUT2D eigenvalue weighted by molar-refractivity contribution is 6.02. The molecule has 0 amide bonds. The Bertz CT molecular complexity index is 1220. The van der Waals surface area contributed by atoms with Crippen molar-refractivity contribution in [3.05, 3.63) is 94.3 Å². The summed E-state index contributed by atoms with van der Waals surface area (Å²) in [5, 5.41) is 10.2. The Labute approximate surface area is 192 Å². The van der Waals surface area contributed by atoms with Crippen molar-refractivity contribution in [2.45, 2.75) is 19.3 Å². The first-order valence-electron chi connectivity index (χ1n) is 10.7. The lowest BCUT2D eigenvalue weighted by molar-refractivity contribution is -0.118. The maximum Gasteiger partial charge on any atom is 0.200 e. The summed E-state index contributed by atoms with van der Waals surface area (Å²) in [7, 11) is 2.95. The van der Waals surface area contributed by atoms with Crippen LogP contribution in [0.4, 0.5) is 4.39 Å². The van der Waals surface area contributed by atoms with E-state index in [2.05, 4.69) is 0 Å². The zero-order chi connectivity index (χ0) is 23.4. The fourth-order valence-corrected chi connectivity index (χ4v) is 4.06. The van der Waals surface area contributed by atoms with Gasteiger partial charge < -0.3 is 14.6 Å². The van der Waals surface area contributed by atoms with E-state index < -0.39 is 0 Å². The minimum absolute atomic E-state index is 0.0710. The SMILES string of the molecule is COc1cc(/C=C2/C(CCC(=O)Cc3ccccc3)=Cc3cc(F)ccc32)cc(OC)c1O. The third-order valence-electron chi connectivity index (χ3n) is 5.71. The monoisotopic (exact) mass is 444 g/mol. The Morgan fingerprint density at radius 1 is 1.00 bits per heavy atom. The fourth-order valence-electron chi connectivity index (χ4n) is 4.06. The minimum Gasteiger partial charge on any atom is -0.502 e. The summed E-state index contributed by atoms with van der Waals surface area (Å²) in [5.74, 6) is 0.359. The highest BCUT2D eigenvalue weighted by Crippen LogP contribution is 2.42. The van der Waals surface area contributed by atoms with Crippen LogP contribution in [0.1, 0.15) is 35.1 Å². The molecule has 0 heterocycles. The second-order valence-corrected chi connectivity index (χ2v) is 7.93. The first kappa shape index (κ1) is 22.3. The number of aromatic hydroxyl groups is 1. The van der Waals surface area contributed by atoms with Crippen LogP contribution in [0, 0.1) is 5.82 Å². The van der Waals surface area contributed by atoms with Gasteiger partial charge in [-0.05, 0) is 70.2 Å². The molecule has 4 nitrogen and oxygen atoms in total. The van der Waals surface area contributed by atoms with Crippen LogP contribution in [0.2, 0.25) is 0 Å². The number of methoxy groups -OCH3 is 2. The van der Waals surface area contributed by atoms with Gasteiger partial charge in [-0.2, -0.15) is 0 Å². The highest BCUT2D eigenvalue weighted by Gasteiger charge is 2.21. The molecule has 0 fully saturated rings. The molecule has 1 aliphatic rings. The molecule has 0 spiro atoms. The second kappa shape index (κ2) is 9.74. The minimum atomic E-state index is -0.307. The van der Waals surface area contributed by atoms with Gasteiger partial charge in [0, 0.05) is 12.8 Å². The lowest BCUT2D eigenvalue weighted by Crippen LogP contribution is -2.03. The first-order chi connectivity index (χ1) is 16.0. The van der Waals surface area contributed by atoms with Crippen LogP contribution >= 0.6 is 0 Å². The van der Waals surface area contributed by atoms with Gasteiger partial charge in [-0.25, -0.2) is 4.39 Å². The predicted octanol–water partition coefficient (Wildman–Crippen LogP) is 6.08. The number of benzene rings is 3. The van der Waals surface area contributed by atoms with Crippen LogP contribution in [-0.2, 0) is 11.2 Å². The number of phenolic OH excluding ortho intramolecular Hbond substituents is 1. The quantitative estimate of drug-likeness (QED) is 0.458. The number of ketones is 1. The first-order valence-corrected chi connectivity index (χ1v) is 10.7. The molecule has 4 rings (SSSR count). The number of phenols is 1. The Balaban J connectivity index is 1.63. The van der Waals surface area contributed by atoms with Crippen molar-refractivity contribution >= 4 is 23.5 Å². The van der Waals surface area contributed by atoms with Crippen LogP contribution in [0.25, 0.3) is 17.7 Å². The fraction of sp³-hybridized carbons (Fsp3) is 0.179. The van der Waals surface area contributed by atoms with Gasteiger partial charge in [0.15, 0.2) is 11.5 Å². The van der Waals surface area contributed by atoms with E-state index in [0.29, 0.717) is 30.8 Å². The number of hydrogen-bond donors (Lipinski definition) is 1. The Kier molecular flexibility index (Phi) is 6.59. The molecule has 3 aromatic rings. The molecular formula is C28H25FO4. The summed E-state index contributed by atoms with van der Waals surface area (Å²) in [4.78, 5) is 12.6. The van der Waals surface area contributed by atoms with Crippen LogP contribution < -0.4 is 9.47 Å². The Hall–Kier alpha value is -3.86. The van der Waals surface area contributed by atoms with E-state index in [1.54, 1.807) is 18.2 Å². The Morgan fingerprint density at radius 3 is 2.36 bits per heavy atom. The van der Waals surface area contributed by atoms with E-state index in [4.69, 9.17) is 9.47 Å². The van der Waals surface area contributed by atoms with Crippen LogP contribution in [0.15, 0.2) is 66.2 Å². The molecule has 0 saturated heterocycles. The van der Waals surface area contributed by atoms with Gasteiger partial charge in [0.2, 0.25) is 5.75 Å². The summed E-state index contributed by atoms with van der Waals surface area (Å²) in [6.45, 7) is 0. The maximum atomic E-state index is 13.9. The van der Waals surface area contributed by atoms with Gasteiger partial charge in [-0.15, -0.1) is 0 Å². The standard InChI is InChI=1S/C28H25FO4/c1-32-26-14-19(15-27(33-2)28(26)31)13-25-20(16-21-17-22(29)9-11-24(21)25)8-10-23(30)12-18-6-4-3-5-7-18/h3-7,9,11,13-17,31H,8,10,12H2,1-2H3/b25-13-. The van der Waals surface area contributed by atoms with Crippen molar-refractivity contribution < 1.29 is 23.8 Å². The second-order valence-electron chi connectivity index (χ2n) is 7.93. The van der Waals surface area contributed by atoms with Gasteiger partial charge in [0.1, 0.15) is 11.6 Å². The molecule has 0 aliphatic heterocycles. The van der Waals surface area contributed by atoms with Gasteiger partial charge in [-0.1, -0.05) is 42.5 Å². The van der Waals surface area contributed by atoms with Crippen LogP contribution in [0.3, 0.4) is 0 Å². The van der Waals surface area contributed by atoms with E-state index in [1.807, 2.05) is 42.5 Å². The van der Waals surface area contributed by atoms with Crippen LogP contribution in [-0.4, -0.2) is 25.1 Å². The number of fused-ring (bicyclic) bond motifs is 1. The largest absolute Gasteiger partial charge is 0.502 e. The average molecular weight is 445 g/mol. The molecule has 0 bridgehead atoms. The molecule has 1 aliphatic carbocycles. The summed E-state index contributed by atoms with van der Waals surface area (Å²) in [6.07, 6.45) is 5.20. The van der Waals surface area contributed by atoms with E-state index in [0.717, 1.165) is 33.4 Å². The van der Waals surface area contributed by atoms with Crippen molar-refractivity contribution in [2.75, 3.05) is 14.2 Å². The van der Waals surface area contributed by atoms with Gasteiger partial charge in [-0.3, -0.25) is 4.79 Å². The van der Waals surface area contributed by atoms with Crippen molar-refractivity contribution in [3.8, 4) is 17.2 Å². The highest BCUT2D eigenvalue weighted by atomic mass is 19.1. The zero-order valence-electron chi connectivity index (χ0n) is 18.6. The lowest BCUT2D eigenvalue weighted by atomic mass is 9.95. The average Bonchev–Trinajstić information content (AvgIpc) is 3.15. The third-order valence-corrected chi connectivity index (χ3v) is 5.71. The number of halogens is 1. The lowest BCUT2D eigenvalue weighted by Gasteiger charge is -2.12. The number of hydrogen-bond acceptors (Lipinski definition) is 4. The van der Waals surface area contributed by atoms with E-state index in [1.165, 1.54) is 26.4 Å². The van der Waals surface area contributed by atoms with Crippen molar-refractivity contribution in [3.63, 3.8) is 0 Å². The molecule has 0 unspecified atom stereocenters. The van der Waals surface area contributed by atoms with Crippen molar-refractivity contribution in [1.82, 2.24) is 0 Å². The number of rotatable bonds is 8. The molecule has 1 N–H and O–H groups in total. The molecule has 168 valence electrons. The normalized spacial score (nSPS) is 13.5. The van der Waals surface area contributed by atoms with Gasteiger partial charge in [0.25, 0.3) is 0 Å². The van der Waals surface area contributed by atoms with E-state index in [9.17, 15) is 14.3 Å². The topological polar surface area (TPSA) is 55.8 Å². The predicted molar refractivity (Wildman–Crippen MR) is 128 cm³/mol. The number of allylic oxidation sites excluding steroid dienone is 2. The molecule has 3 aromatic carbocycles. The number of Topliss-reactive ketones (excluding diaryl/α,β-unsaturated/α-hetero) is 1. The molecule has 5 heteroatoms.